The molecule has 0 saturated carbocycles. The number of rotatable bonds is 3. The second-order valence-electron chi connectivity index (χ2n) is 7.28. The van der Waals surface area contributed by atoms with Crippen LogP contribution >= 0.6 is 11.6 Å². The Morgan fingerprint density at radius 1 is 0.857 bits per heavy atom. The normalized spacial score (nSPS) is 18.4. The summed E-state index contributed by atoms with van der Waals surface area (Å²) in [5.41, 5.74) is 3.21. The minimum Gasteiger partial charge on any atom is -0.364 e. The molecular formula is C22H22ClN3O2. The Kier molecular flexibility index (Phi) is 4.96. The Bertz CT molecular complexity index is 960. The van der Waals surface area contributed by atoms with Gasteiger partial charge in [-0.1, -0.05) is 53.6 Å². The predicted octanol–water partition coefficient (Wildman–Crippen LogP) is 3.18. The van der Waals surface area contributed by atoms with E-state index in [0.29, 0.717) is 35.1 Å². The molecule has 0 radical (unpaired) electrons. The zero-order valence-electron chi connectivity index (χ0n) is 16.0. The molecule has 2 aliphatic heterocycles. The summed E-state index contributed by atoms with van der Waals surface area (Å²) < 4.78 is 0. The van der Waals surface area contributed by atoms with E-state index in [4.69, 9.17) is 11.6 Å². The Morgan fingerprint density at radius 2 is 1.50 bits per heavy atom. The number of nitrogens with zero attached hydrogens (tertiary/aromatic N) is 3. The van der Waals surface area contributed by atoms with Crippen molar-refractivity contribution in [2.45, 2.75) is 6.92 Å². The van der Waals surface area contributed by atoms with Crippen molar-refractivity contribution < 1.29 is 9.59 Å². The number of imide groups is 1. The third kappa shape index (κ3) is 3.21. The molecule has 0 atom stereocenters. The van der Waals surface area contributed by atoms with Gasteiger partial charge in [0, 0.05) is 26.2 Å². The molecule has 0 bridgehead atoms. The first-order valence-corrected chi connectivity index (χ1v) is 9.73. The van der Waals surface area contributed by atoms with Crippen molar-refractivity contribution in [2.24, 2.45) is 0 Å². The lowest BCUT2D eigenvalue weighted by atomic mass is 10.0. The number of amides is 2. The van der Waals surface area contributed by atoms with Gasteiger partial charge >= 0.3 is 0 Å². The predicted molar refractivity (Wildman–Crippen MR) is 111 cm³/mol. The van der Waals surface area contributed by atoms with Crippen molar-refractivity contribution in [2.75, 3.05) is 38.1 Å². The highest BCUT2D eigenvalue weighted by atomic mass is 35.5. The smallest absolute Gasteiger partial charge is 0.282 e. The standard InChI is InChI=1S/C22H22ClN3O2/c1-15-7-9-16(10-8-15)19-20(25-13-11-24(2)12-14-25)22(28)26(21(19)27)18-6-4-3-5-17(18)23/h3-10H,11-14H2,1-2H3. The van der Waals surface area contributed by atoms with E-state index in [2.05, 4.69) is 11.9 Å². The van der Waals surface area contributed by atoms with Gasteiger partial charge < -0.3 is 9.80 Å². The fraction of sp³-hybridized carbons (Fsp3) is 0.273. The summed E-state index contributed by atoms with van der Waals surface area (Å²) >= 11 is 6.32. The Hall–Kier alpha value is -2.63. The number of likely N-dealkylation sites (N-methyl/N-ethyl adjacent to an activating group) is 1. The molecule has 0 spiro atoms. The molecule has 2 aromatic rings. The minimum absolute atomic E-state index is 0.307. The van der Waals surface area contributed by atoms with Crippen molar-refractivity contribution in [3.63, 3.8) is 0 Å². The van der Waals surface area contributed by atoms with Crippen LogP contribution in [0.5, 0.6) is 0 Å². The van der Waals surface area contributed by atoms with Crippen LogP contribution in [-0.2, 0) is 9.59 Å². The number of halogens is 1. The highest BCUT2D eigenvalue weighted by Gasteiger charge is 2.43. The number of para-hydroxylation sites is 1. The maximum Gasteiger partial charge on any atom is 0.282 e. The molecule has 28 heavy (non-hydrogen) atoms. The Labute approximate surface area is 169 Å². The Balaban J connectivity index is 1.82. The second kappa shape index (κ2) is 7.41. The first-order chi connectivity index (χ1) is 13.5. The molecular weight excluding hydrogens is 374 g/mol. The first-order valence-electron chi connectivity index (χ1n) is 9.35. The number of benzene rings is 2. The third-order valence-corrected chi connectivity index (χ3v) is 5.63. The average Bonchev–Trinajstić information content (AvgIpc) is 2.94. The van der Waals surface area contributed by atoms with Crippen molar-refractivity contribution in [3.8, 4) is 0 Å². The van der Waals surface area contributed by atoms with E-state index >= 15 is 0 Å². The van der Waals surface area contributed by atoms with E-state index in [1.165, 1.54) is 4.90 Å². The van der Waals surface area contributed by atoms with E-state index in [-0.39, 0.29) is 11.8 Å². The van der Waals surface area contributed by atoms with Crippen LogP contribution in [0.25, 0.3) is 5.57 Å². The van der Waals surface area contributed by atoms with E-state index in [9.17, 15) is 9.59 Å². The molecule has 2 amide bonds. The van der Waals surface area contributed by atoms with Crippen LogP contribution in [-0.4, -0.2) is 54.8 Å². The largest absolute Gasteiger partial charge is 0.364 e. The van der Waals surface area contributed by atoms with Gasteiger partial charge in [0.25, 0.3) is 11.8 Å². The number of piperazine rings is 1. The molecule has 0 aromatic heterocycles. The summed E-state index contributed by atoms with van der Waals surface area (Å²) in [5, 5.41) is 0.382. The number of carbonyl (C=O) groups is 2. The van der Waals surface area contributed by atoms with Gasteiger partial charge in [0.2, 0.25) is 0 Å². The maximum absolute atomic E-state index is 13.4. The maximum atomic E-state index is 13.4. The molecule has 144 valence electrons. The highest BCUT2D eigenvalue weighted by molar-refractivity contribution is 6.47. The molecule has 1 fully saturated rings. The topological polar surface area (TPSA) is 43.9 Å². The SMILES string of the molecule is Cc1ccc(C2=C(N3CCN(C)CC3)C(=O)N(c3ccccc3Cl)C2=O)cc1. The van der Waals surface area contributed by atoms with Crippen LogP contribution in [0.3, 0.4) is 0 Å². The Morgan fingerprint density at radius 3 is 2.14 bits per heavy atom. The van der Waals surface area contributed by atoms with Crippen LogP contribution in [0.2, 0.25) is 5.02 Å². The van der Waals surface area contributed by atoms with Crippen molar-refractivity contribution in [3.05, 3.63) is 70.4 Å². The zero-order valence-corrected chi connectivity index (χ0v) is 16.7. The highest BCUT2D eigenvalue weighted by Crippen LogP contribution is 2.37. The molecule has 5 nitrogen and oxygen atoms in total. The molecule has 1 saturated heterocycles. The molecule has 2 aliphatic rings. The van der Waals surface area contributed by atoms with E-state index < -0.39 is 0 Å². The molecule has 2 aromatic carbocycles. The quantitative estimate of drug-likeness (QED) is 0.749. The number of anilines is 1. The third-order valence-electron chi connectivity index (χ3n) is 5.31. The molecule has 0 N–H and O–H groups in total. The van der Waals surface area contributed by atoms with Crippen LogP contribution in [0.1, 0.15) is 11.1 Å². The summed E-state index contributed by atoms with van der Waals surface area (Å²) in [5.74, 6) is -0.630. The number of hydrogen-bond donors (Lipinski definition) is 0. The van der Waals surface area contributed by atoms with Gasteiger partial charge in [-0.25, -0.2) is 4.90 Å². The van der Waals surface area contributed by atoms with Gasteiger partial charge in [0.05, 0.1) is 16.3 Å². The van der Waals surface area contributed by atoms with E-state index in [1.54, 1.807) is 24.3 Å². The fourth-order valence-corrected chi connectivity index (χ4v) is 3.89. The summed E-state index contributed by atoms with van der Waals surface area (Å²) in [6, 6.07) is 14.7. The van der Waals surface area contributed by atoms with Gasteiger partial charge in [0.15, 0.2) is 0 Å². The molecule has 6 heteroatoms. The van der Waals surface area contributed by atoms with E-state index in [1.807, 2.05) is 36.1 Å². The minimum atomic E-state index is -0.323. The fourth-order valence-electron chi connectivity index (χ4n) is 3.67. The number of aryl methyl sites for hydroxylation is 1. The molecule has 2 heterocycles. The molecule has 0 unspecified atom stereocenters. The monoisotopic (exact) mass is 395 g/mol. The lowest BCUT2D eigenvalue weighted by molar-refractivity contribution is -0.120. The average molecular weight is 396 g/mol. The van der Waals surface area contributed by atoms with Crippen molar-refractivity contribution in [1.82, 2.24) is 9.80 Å². The first kappa shape index (κ1) is 18.7. The lowest BCUT2D eigenvalue weighted by Crippen LogP contribution is -2.46. The summed E-state index contributed by atoms with van der Waals surface area (Å²) in [4.78, 5) is 32.3. The van der Waals surface area contributed by atoms with Crippen molar-refractivity contribution >= 4 is 34.7 Å². The van der Waals surface area contributed by atoms with Gasteiger partial charge in [-0.3, -0.25) is 9.59 Å². The lowest BCUT2D eigenvalue weighted by Gasteiger charge is -2.34. The number of hydrogen-bond acceptors (Lipinski definition) is 4. The van der Waals surface area contributed by atoms with E-state index in [0.717, 1.165) is 24.2 Å². The van der Waals surface area contributed by atoms with Crippen LogP contribution in [0, 0.1) is 6.92 Å². The van der Waals surface area contributed by atoms with Gasteiger partial charge in [-0.15, -0.1) is 0 Å². The van der Waals surface area contributed by atoms with Crippen molar-refractivity contribution in [1.29, 1.82) is 0 Å². The van der Waals surface area contributed by atoms with Crippen LogP contribution in [0.4, 0.5) is 5.69 Å². The van der Waals surface area contributed by atoms with Gasteiger partial charge in [-0.05, 0) is 31.7 Å². The van der Waals surface area contributed by atoms with Crippen LogP contribution < -0.4 is 4.90 Å². The molecule has 0 aliphatic carbocycles. The number of carbonyl (C=O) groups excluding carboxylic acids is 2. The zero-order chi connectivity index (χ0) is 19.8. The van der Waals surface area contributed by atoms with Gasteiger partial charge in [0.1, 0.15) is 5.70 Å². The second-order valence-corrected chi connectivity index (χ2v) is 7.68. The molecule has 4 rings (SSSR count). The van der Waals surface area contributed by atoms with Crippen LogP contribution in [0.15, 0.2) is 54.2 Å². The summed E-state index contributed by atoms with van der Waals surface area (Å²) in [6.45, 7) is 5.10. The summed E-state index contributed by atoms with van der Waals surface area (Å²) in [6.07, 6.45) is 0. The van der Waals surface area contributed by atoms with Gasteiger partial charge in [-0.2, -0.15) is 0 Å². The summed E-state index contributed by atoms with van der Waals surface area (Å²) in [7, 11) is 2.06.